The minimum atomic E-state index is -4.65. The molecule has 0 atom stereocenters. The smallest absolute Gasteiger partial charge is 0.433 e. The molecule has 0 unspecified atom stereocenters. The Kier molecular flexibility index (Phi) is 7.21. The molecule has 1 heterocycles. The van der Waals surface area contributed by atoms with Gasteiger partial charge in [-0.15, -0.1) is 0 Å². The number of alkyl halides is 3. The van der Waals surface area contributed by atoms with Crippen molar-refractivity contribution in [2.24, 2.45) is 0 Å². The lowest BCUT2D eigenvalue weighted by atomic mass is 10.1. The monoisotopic (exact) mass is 415 g/mol. The second kappa shape index (κ2) is 9.40. The summed E-state index contributed by atoms with van der Waals surface area (Å²) >= 11 is 0.875. The molecule has 0 bridgehead atoms. The zero-order valence-electron chi connectivity index (χ0n) is 14.6. The molecule has 0 saturated carbocycles. The number of carboxylic acid groups (broad SMARTS) is 1. The molecular formula is C17H16F3N3O4S. The van der Waals surface area contributed by atoms with Crippen molar-refractivity contribution in [3.05, 3.63) is 36.0 Å². The summed E-state index contributed by atoms with van der Waals surface area (Å²) in [5.41, 5.74) is -0.552. The summed E-state index contributed by atoms with van der Waals surface area (Å²) in [5.74, 6) is -1.08. The summed E-state index contributed by atoms with van der Waals surface area (Å²) in [5, 5.41) is 10.5. The maximum atomic E-state index is 13.2. The number of hydrogen-bond acceptors (Lipinski definition) is 6. The summed E-state index contributed by atoms with van der Waals surface area (Å²) in [6, 6.07) is 7.21. The summed E-state index contributed by atoms with van der Waals surface area (Å²) in [4.78, 5) is 29.5. The third-order valence-electron chi connectivity index (χ3n) is 3.38. The number of halogens is 3. The number of benzene rings is 1. The fourth-order valence-corrected chi connectivity index (χ4v) is 2.84. The van der Waals surface area contributed by atoms with Crippen LogP contribution >= 0.6 is 11.8 Å². The van der Waals surface area contributed by atoms with Gasteiger partial charge < -0.3 is 15.2 Å². The van der Waals surface area contributed by atoms with Crippen molar-refractivity contribution in [1.82, 2.24) is 15.3 Å². The number of rotatable bonds is 8. The number of carboxylic acids is 1. The van der Waals surface area contributed by atoms with E-state index in [-0.39, 0.29) is 23.0 Å². The first-order valence-corrected chi connectivity index (χ1v) is 8.89. The van der Waals surface area contributed by atoms with Gasteiger partial charge in [-0.05, 0) is 30.3 Å². The molecule has 0 radical (unpaired) electrons. The van der Waals surface area contributed by atoms with Crippen LogP contribution in [0.4, 0.5) is 13.2 Å². The number of aliphatic carboxylic acids is 1. The van der Waals surface area contributed by atoms with Crippen LogP contribution in [0.1, 0.15) is 12.1 Å². The van der Waals surface area contributed by atoms with Crippen LogP contribution in [0.25, 0.3) is 11.3 Å². The molecule has 1 aromatic carbocycles. The van der Waals surface area contributed by atoms with Crippen molar-refractivity contribution in [3.8, 4) is 17.0 Å². The number of nitrogens with zero attached hydrogens (tertiary/aromatic N) is 2. The Morgan fingerprint density at radius 1 is 1.21 bits per heavy atom. The van der Waals surface area contributed by atoms with E-state index < -0.39 is 30.3 Å². The number of nitrogens with one attached hydrogen (secondary N) is 1. The van der Waals surface area contributed by atoms with Crippen molar-refractivity contribution < 1.29 is 32.6 Å². The van der Waals surface area contributed by atoms with E-state index in [9.17, 15) is 22.8 Å². The summed E-state index contributed by atoms with van der Waals surface area (Å²) in [7, 11) is 1.48. The van der Waals surface area contributed by atoms with Crippen LogP contribution in [0.3, 0.4) is 0 Å². The Hall–Kier alpha value is -2.82. The minimum absolute atomic E-state index is 0.0859. The highest BCUT2D eigenvalue weighted by atomic mass is 32.2. The standard InChI is InChI=1S/C17H16F3N3O4S/c1-27-11-4-2-10(3-5-11)12-8-13(17(18,19)20)23-16(22-12)28-7-6-14(24)21-9-15(25)26/h2-5,8H,6-7,9H2,1H3,(H,21,24)(H,25,26). The molecule has 0 saturated heterocycles. The molecule has 28 heavy (non-hydrogen) atoms. The number of carbonyl (C=O) groups is 2. The Morgan fingerprint density at radius 2 is 1.89 bits per heavy atom. The predicted molar refractivity (Wildman–Crippen MR) is 95.0 cm³/mol. The molecule has 0 aliphatic heterocycles. The third kappa shape index (κ3) is 6.41. The van der Waals surface area contributed by atoms with Crippen molar-refractivity contribution in [2.45, 2.75) is 17.8 Å². The predicted octanol–water partition coefficient (Wildman–Crippen LogP) is 2.85. The Bertz CT molecular complexity index is 845. The van der Waals surface area contributed by atoms with Crippen LogP contribution < -0.4 is 10.1 Å². The first-order valence-electron chi connectivity index (χ1n) is 7.91. The highest BCUT2D eigenvalue weighted by molar-refractivity contribution is 7.99. The quantitative estimate of drug-likeness (QED) is 0.505. The van der Waals surface area contributed by atoms with Gasteiger partial charge in [0.2, 0.25) is 5.91 Å². The largest absolute Gasteiger partial charge is 0.497 e. The second-order valence-corrected chi connectivity index (χ2v) is 6.48. The summed E-state index contributed by atoms with van der Waals surface area (Å²) < 4.78 is 44.5. The number of aromatic nitrogens is 2. The van der Waals surface area contributed by atoms with E-state index >= 15 is 0 Å². The van der Waals surface area contributed by atoms with Gasteiger partial charge in [0.25, 0.3) is 0 Å². The van der Waals surface area contributed by atoms with Gasteiger partial charge in [0.1, 0.15) is 18.0 Å². The number of methoxy groups -OCH3 is 1. The van der Waals surface area contributed by atoms with Crippen molar-refractivity contribution in [2.75, 3.05) is 19.4 Å². The Balaban J connectivity index is 2.16. The van der Waals surface area contributed by atoms with Crippen molar-refractivity contribution in [1.29, 1.82) is 0 Å². The fraction of sp³-hybridized carbons (Fsp3) is 0.294. The maximum Gasteiger partial charge on any atom is 0.433 e. The van der Waals surface area contributed by atoms with Crippen molar-refractivity contribution >= 4 is 23.6 Å². The fourth-order valence-electron chi connectivity index (χ4n) is 2.04. The molecule has 1 aromatic heterocycles. The van der Waals surface area contributed by atoms with E-state index in [2.05, 4.69) is 15.3 Å². The van der Waals surface area contributed by atoms with Gasteiger partial charge in [-0.25, -0.2) is 9.97 Å². The zero-order chi connectivity index (χ0) is 20.7. The molecule has 11 heteroatoms. The lowest BCUT2D eigenvalue weighted by Gasteiger charge is -2.11. The molecule has 150 valence electrons. The maximum absolute atomic E-state index is 13.2. The average molecular weight is 415 g/mol. The van der Waals surface area contributed by atoms with Gasteiger partial charge in [-0.1, -0.05) is 11.8 Å². The minimum Gasteiger partial charge on any atom is -0.497 e. The van der Waals surface area contributed by atoms with Crippen LogP contribution in [0.15, 0.2) is 35.5 Å². The number of carbonyl (C=O) groups excluding carboxylic acids is 1. The van der Waals surface area contributed by atoms with Gasteiger partial charge in [-0.3, -0.25) is 9.59 Å². The molecule has 0 spiro atoms. The molecule has 2 aromatic rings. The van der Waals surface area contributed by atoms with E-state index in [0.29, 0.717) is 11.3 Å². The van der Waals surface area contributed by atoms with Crippen LogP contribution in [0, 0.1) is 0 Å². The number of hydrogen-bond donors (Lipinski definition) is 2. The zero-order valence-corrected chi connectivity index (χ0v) is 15.4. The Labute approximate surface area is 162 Å². The average Bonchev–Trinajstić information content (AvgIpc) is 2.65. The van der Waals surface area contributed by atoms with Crippen LogP contribution in [0.2, 0.25) is 0 Å². The number of amides is 1. The third-order valence-corrected chi connectivity index (χ3v) is 4.23. The molecule has 0 aliphatic carbocycles. The molecule has 2 N–H and O–H groups in total. The van der Waals surface area contributed by atoms with E-state index in [1.807, 2.05) is 0 Å². The lowest BCUT2D eigenvalue weighted by Crippen LogP contribution is -2.29. The van der Waals surface area contributed by atoms with Gasteiger partial charge >= 0.3 is 12.1 Å². The van der Waals surface area contributed by atoms with Gasteiger partial charge in [0.15, 0.2) is 5.16 Å². The number of ether oxygens (including phenoxy) is 1. The molecule has 1 amide bonds. The molecular weight excluding hydrogens is 399 g/mol. The summed E-state index contributed by atoms with van der Waals surface area (Å²) in [6.45, 7) is -0.523. The SMILES string of the molecule is COc1ccc(-c2cc(C(F)(F)F)nc(SCCC(=O)NCC(=O)O)n2)cc1. The normalized spacial score (nSPS) is 11.1. The molecule has 0 aliphatic rings. The van der Waals surface area contributed by atoms with E-state index in [0.717, 1.165) is 17.8 Å². The number of thioether (sulfide) groups is 1. The van der Waals surface area contributed by atoms with Crippen LogP contribution in [-0.2, 0) is 15.8 Å². The van der Waals surface area contributed by atoms with Crippen molar-refractivity contribution in [3.63, 3.8) is 0 Å². The van der Waals surface area contributed by atoms with Gasteiger partial charge in [0.05, 0.1) is 12.8 Å². The highest BCUT2D eigenvalue weighted by Gasteiger charge is 2.33. The first kappa shape index (κ1) is 21.5. The molecule has 7 nitrogen and oxygen atoms in total. The van der Waals surface area contributed by atoms with E-state index in [1.165, 1.54) is 7.11 Å². The van der Waals surface area contributed by atoms with E-state index in [4.69, 9.17) is 9.84 Å². The first-order chi connectivity index (χ1) is 13.2. The Morgan fingerprint density at radius 3 is 2.46 bits per heavy atom. The van der Waals surface area contributed by atoms with Gasteiger partial charge in [-0.2, -0.15) is 13.2 Å². The second-order valence-electron chi connectivity index (χ2n) is 5.42. The van der Waals surface area contributed by atoms with E-state index in [1.54, 1.807) is 24.3 Å². The van der Waals surface area contributed by atoms with Gasteiger partial charge in [0, 0.05) is 17.7 Å². The summed E-state index contributed by atoms with van der Waals surface area (Å²) in [6.07, 6.45) is -4.74. The van der Waals surface area contributed by atoms with Crippen LogP contribution in [-0.4, -0.2) is 46.4 Å². The highest BCUT2D eigenvalue weighted by Crippen LogP contribution is 2.32. The molecule has 0 fully saturated rings. The van der Waals surface area contributed by atoms with Crippen LogP contribution in [0.5, 0.6) is 5.75 Å². The molecule has 2 rings (SSSR count). The lowest BCUT2D eigenvalue weighted by molar-refractivity contribution is -0.141. The topological polar surface area (TPSA) is 101 Å².